The number of rotatable bonds is 3. The molecular weight excluding hydrogens is 384 g/mol. The van der Waals surface area contributed by atoms with Crippen molar-refractivity contribution in [3.63, 3.8) is 0 Å². The molecule has 0 saturated heterocycles. The monoisotopic (exact) mass is 412 g/mol. The maximum atomic E-state index is 13.1. The van der Waals surface area contributed by atoms with Gasteiger partial charge in [0.1, 0.15) is 0 Å². The van der Waals surface area contributed by atoms with Gasteiger partial charge in [0, 0.05) is 25.1 Å². The Kier molecular flexibility index (Phi) is 4.95. The predicted octanol–water partition coefficient (Wildman–Crippen LogP) is 2.67. The van der Waals surface area contributed by atoms with Gasteiger partial charge in [0.2, 0.25) is 0 Å². The first-order valence-electron chi connectivity index (χ1n) is 10.1. The van der Waals surface area contributed by atoms with Crippen LogP contribution in [0.3, 0.4) is 0 Å². The van der Waals surface area contributed by atoms with Gasteiger partial charge in [-0.15, -0.1) is 0 Å². The average molecular weight is 412 g/mol. The van der Waals surface area contributed by atoms with E-state index in [9.17, 15) is 9.59 Å². The molecule has 30 heavy (non-hydrogen) atoms. The Morgan fingerprint density at radius 3 is 2.60 bits per heavy atom. The summed E-state index contributed by atoms with van der Waals surface area (Å²) in [6.45, 7) is 5.04. The number of amides is 2. The molecule has 0 radical (unpaired) electrons. The number of hydrazone groups is 1. The van der Waals surface area contributed by atoms with E-state index in [0.29, 0.717) is 35.6 Å². The van der Waals surface area contributed by atoms with Gasteiger partial charge in [-0.2, -0.15) is 5.10 Å². The van der Waals surface area contributed by atoms with Crippen LogP contribution in [-0.2, 0) is 11.2 Å². The van der Waals surface area contributed by atoms with E-state index < -0.39 is 6.03 Å². The molecule has 0 saturated carbocycles. The van der Waals surface area contributed by atoms with Gasteiger partial charge in [-0.25, -0.2) is 10.2 Å². The summed E-state index contributed by atoms with van der Waals surface area (Å²) in [5.41, 5.74) is 12.0. The van der Waals surface area contributed by atoms with Crippen LogP contribution in [0.25, 0.3) is 0 Å². The maximum Gasteiger partial charge on any atom is 0.332 e. The molecule has 0 bridgehead atoms. The lowest BCUT2D eigenvalue weighted by molar-refractivity contribution is -0.118. The van der Waals surface area contributed by atoms with E-state index in [2.05, 4.69) is 29.3 Å². The summed E-state index contributed by atoms with van der Waals surface area (Å²) in [5.74, 6) is 1.45. The number of primary amides is 1. The Morgan fingerprint density at radius 1 is 1.23 bits per heavy atom. The van der Waals surface area contributed by atoms with Gasteiger partial charge in [-0.05, 0) is 41.5 Å². The fourth-order valence-corrected chi connectivity index (χ4v) is 4.94. The minimum Gasteiger partial charge on any atom is -0.493 e. The number of nitrogens with zero attached hydrogens (tertiary/aromatic N) is 2. The molecule has 2 aliphatic heterocycles. The molecule has 160 valence electrons. The van der Waals surface area contributed by atoms with Crippen LogP contribution in [0.15, 0.2) is 28.5 Å². The van der Waals surface area contributed by atoms with E-state index >= 15 is 0 Å². The number of benzene rings is 1. The molecule has 0 unspecified atom stereocenters. The molecule has 1 aliphatic carbocycles. The van der Waals surface area contributed by atoms with Crippen molar-refractivity contribution in [2.45, 2.75) is 45.6 Å². The number of methoxy groups -OCH3 is 2. The molecule has 2 amide bonds. The van der Waals surface area contributed by atoms with Crippen LogP contribution in [0, 0.1) is 5.41 Å². The van der Waals surface area contributed by atoms with Gasteiger partial charge in [-0.3, -0.25) is 4.79 Å². The predicted molar refractivity (Wildman–Crippen MR) is 113 cm³/mol. The quantitative estimate of drug-likeness (QED) is 0.743. The van der Waals surface area contributed by atoms with Crippen molar-refractivity contribution in [2.75, 3.05) is 20.8 Å². The number of urea groups is 1. The van der Waals surface area contributed by atoms with Crippen LogP contribution in [0.1, 0.15) is 50.3 Å². The van der Waals surface area contributed by atoms with Crippen molar-refractivity contribution < 1.29 is 19.1 Å². The maximum absolute atomic E-state index is 13.1. The van der Waals surface area contributed by atoms with E-state index in [0.717, 1.165) is 30.6 Å². The van der Waals surface area contributed by atoms with Crippen LogP contribution in [0.5, 0.6) is 11.5 Å². The fourth-order valence-electron chi connectivity index (χ4n) is 4.94. The largest absolute Gasteiger partial charge is 0.493 e. The van der Waals surface area contributed by atoms with E-state index in [1.165, 1.54) is 5.56 Å². The number of Topliss-reactive ketones (excluding diaryl/α,β-unsaturated/α-hetero) is 1. The van der Waals surface area contributed by atoms with Crippen molar-refractivity contribution in [2.24, 2.45) is 16.3 Å². The van der Waals surface area contributed by atoms with Gasteiger partial charge in [-0.1, -0.05) is 13.8 Å². The standard InChI is InChI=1S/C22H28N4O4/c1-22(2)10-16-20(17(27)11-22)14(24-25-21(23)28)9-15-13-8-19(30-4)18(29-3)7-12(13)5-6-26(15)16/h7-8,15H,5-6,9-11H2,1-4H3,(H3,23,25,28)/t15-/m0/s1. The fraction of sp³-hybridized carbons (Fsp3) is 0.500. The third-order valence-electron chi connectivity index (χ3n) is 6.18. The summed E-state index contributed by atoms with van der Waals surface area (Å²) in [4.78, 5) is 26.7. The van der Waals surface area contributed by atoms with Crippen LogP contribution < -0.4 is 20.6 Å². The zero-order chi connectivity index (χ0) is 21.6. The van der Waals surface area contributed by atoms with E-state index in [4.69, 9.17) is 15.2 Å². The Hall–Kier alpha value is -3.03. The minimum absolute atomic E-state index is 0.00225. The van der Waals surface area contributed by atoms with Crippen LogP contribution in [0.2, 0.25) is 0 Å². The lowest BCUT2D eigenvalue weighted by atomic mass is 9.71. The van der Waals surface area contributed by atoms with Crippen molar-refractivity contribution in [1.82, 2.24) is 10.3 Å². The molecule has 1 aromatic carbocycles. The van der Waals surface area contributed by atoms with Gasteiger partial charge < -0.3 is 20.1 Å². The first-order valence-corrected chi connectivity index (χ1v) is 10.1. The van der Waals surface area contributed by atoms with Crippen LogP contribution in [-0.4, -0.2) is 43.2 Å². The molecule has 0 fully saturated rings. The lowest BCUT2D eigenvalue weighted by Gasteiger charge is -2.48. The third kappa shape index (κ3) is 3.40. The number of hydrogen-bond acceptors (Lipinski definition) is 6. The highest BCUT2D eigenvalue weighted by Crippen LogP contribution is 2.49. The van der Waals surface area contributed by atoms with Crippen molar-refractivity contribution >= 4 is 17.5 Å². The first-order chi connectivity index (χ1) is 14.2. The van der Waals surface area contributed by atoms with E-state index in [-0.39, 0.29) is 17.2 Å². The highest BCUT2D eigenvalue weighted by molar-refractivity contribution is 6.24. The number of allylic oxidation sites excluding steroid dienone is 2. The van der Waals surface area contributed by atoms with Crippen molar-refractivity contribution in [3.8, 4) is 11.5 Å². The zero-order valence-electron chi connectivity index (χ0n) is 17.9. The van der Waals surface area contributed by atoms with Crippen LogP contribution >= 0.6 is 0 Å². The molecule has 1 atom stereocenters. The second kappa shape index (κ2) is 7.34. The second-order valence-electron chi connectivity index (χ2n) is 8.87. The SMILES string of the molecule is COc1cc2c(cc1OC)[C@@H]1CC(=NNC(N)=O)C3=C(CC(C)(C)CC3=O)N1CC2. The highest BCUT2D eigenvalue weighted by atomic mass is 16.5. The Bertz CT molecular complexity index is 980. The molecule has 3 aliphatic rings. The van der Waals surface area contributed by atoms with Gasteiger partial charge in [0.15, 0.2) is 17.3 Å². The average Bonchev–Trinajstić information content (AvgIpc) is 2.69. The number of fused-ring (bicyclic) bond motifs is 4. The second-order valence-corrected chi connectivity index (χ2v) is 8.87. The lowest BCUT2D eigenvalue weighted by Crippen LogP contribution is -2.46. The van der Waals surface area contributed by atoms with Crippen LogP contribution in [0.4, 0.5) is 4.79 Å². The minimum atomic E-state index is -0.744. The van der Waals surface area contributed by atoms with E-state index in [1.54, 1.807) is 14.2 Å². The molecular formula is C22H28N4O4. The van der Waals surface area contributed by atoms with Gasteiger partial charge >= 0.3 is 6.03 Å². The number of nitrogens with one attached hydrogen (secondary N) is 1. The number of ketones is 1. The summed E-state index contributed by atoms with van der Waals surface area (Å²) >= 11 is 0. The number of carbonyl (C=O) groups is 2. The summed E-state index contributed by atoms with van der Waals surface area (Å²) in [6, 6.07) is 3.31. The summed E-state index contributed by atoms with van der Waals surface area (Å²) in [6.07, 6.45) is 2.60. The topological polar surface area (TPSA) is 106 Å². The van der Waals surface area contributed by atoms with Crippen molar-refractivity contribution in [1.29, 1.82) is 0 Å². The van der Waals surface area contributed by atoms with Crippen molar-refractivity contribution in [3.05, 3.63) is 34.5 Å². The normalized spacial score (nSPS) is 23.5. The highest BCUT2D eigenvalue weighted by Gasteiger charge is 2.44. The van der Waals surface area contributed by atoms with Gasteiger partial charge in [0.25, 0.3) is 0 Å². The molecule has 8 nitrogen and oxygen atoms in total. The molecule has 4 rings (SSSR count). The zero-order valence-corrected chi connectivity index (χ0v) is 17.9. The number of carbonyl (C=O) groups excluding carboxylic acids is 2. The number of ether oxygens (including phenoxy) is 2. The molecule has 0 aromatic heterocycles. The summed E-state index contributed by atoms with van der Waals surface area (Å²) < 4.78 is 11.0. The first kappa shape index (κ1) is 20.3. The third-order valence-corrected chi connectivity index (χ3v) is 6.18. The Labute approximate surface area is 176 Å². The molecule has 8 heteroatoms. The summed E-state index contributed by atoms with van der Waals surface area (Å²) in [7, 11) is 3.26. The molecule has 1 aromatic rings. The Morgan fingerprint density at radius 2 is 1.93 bits per heavy atom. The summed E-state index contributed by atoms with van der Waals surface area (Å²) in [5, 5.41) is 4.24. The molecule has 0 spiro atoms. The van der Waals surface area contributed by atoms with Gasteiger partial charge in [0.05, 0.1) is 31.5 Å². The van der Waals surface area contributed by atoms with E-state index in [1.807, 2.05) is 12.1 Å². The number of hydrogen-bond donors (Lipinski definition) is 2. The molecule has 2 heterocycles. The smallest absolute Gasteiger partial charge is 0.332 e. The number of nitrogens with two attached hydrogens (primary N) is 1. The Balaban J connectivity index is 1.85. The molecule has 3 N–H and O–H groups in total.